The maximum Gasteiger partial charge on any atom is 0.239 e. The fraction of sp³-hybridized carbons (Fsp3) is 0.692. The van der Waals surface area contributed by atoms with Crippen molar-refractivity contribution in [2.24, 2.45) is 0 Å². The van der Waals surface area contributed by atoms with Crippen molar-refractivity contribution in [1.82, 2.24) is 20.3 Å². The second kappa shape index (κ2) is 8.23. The zero-order chi connectivity index (χ0) is 15.8. The van der Waals surface area contributed by atoms with Gasteiger partial charge < -0.3 is 20.9 Å². The number of carbonyl (C=O) groups excluding carboxylic acids is 1. The largest absolute Gasteiger partial charge is 0.357 e. The monoisotopic (exact) mass is 295 g/mol. The average molecular weight is 295 g/mol. The fourth-order valence-electron chi connectivity index (χ4n) is 1.74. The standard InChI is InChI=1S/C13H25N7O/c1-6-20(7-2)13-18-11(14-5)17-12(19-13)15-8-10(21)16-9(3)4/h9H,6-8H2,1-5H3,(H,16,21)(H2,14,15,17,18,19). The van der Waals surface area contributed by atoms with E-state index in [1.807, 2.05) is 32.6 Å². The molecule has 118 valence electrons. The molecular weight excluding hydrogens is 270 g/mol. The van der Waals surface area contributed by atoms with E-state index in [0.717, 1.165) is 13.1 Å². The summed E-state index contributed by atoms with van der Waals surface area (Å²) >= 11 is 0. The van der Waals surface area contributed by atoms with Crippen LogP contribution in [0.5, 0.6) is 0 Å². The highest BCUT2D eigenvalue weighted by molar-refractivity contribution is 5.80. The summed E-state index contributed by atoms with van der Waals surface area (Å²) in [6.07, 6.45) is 0. The second-order valence-electron chi connectivity index (χ2n) is 4.78. The van der Waals surface area contributed by atoms with E-state index in [-0.39, 0.29) is 18.5 Å². The van der Waals surface area contributed by atoms with E-state index in [2.05, 4.69) is 30.9 Å². The quantitative estimate of drug-likeness (QED) is 0.649. The summed E-state index contributed by atoms with van der Waals surface area (Å²) in [5, 5.41) is 8.63. The zero-order valence-electron chi connectivity index (χ0n) is 13.4. The highest BCUT2D eigenvalue weighted by Crippen LogP contribution is 2.12. The predicted octanol–water partition coefficient (Wildman–Crippen LogP) is 0.696. The third kappa shape index (κ3) is 5.41. The van der Waals surface area contributed by atoms with E-state index in [1.165, 1.54) is 0 Å². The van der Waals surface area contributed by atoms with Gasteiger partial charge in [-0.05, 0) is 27.7 Å². The van der Waals surface area contributed by atoms with Crippen LogP contribution in [0.3, 0.4) is 0 Å². The molecule has 0 saturated carbocycles. The van der Waals surface area contributed by atoms with Crippen molar-refractivity contribution in [3.05, 3.63) is 0 Å². The van der Waals surface area contributed by atoms with Crippen molar-refractivity contribution in [3.8, 4) is 0 Å². The number of nitrogens with zero attached hydrogens (tertiary/aromatic N) is 4. The molecule has 3 N–H and O–H groups in total. The number of amides is 1. The topological polar surface area (TPSA) is 95.1 Å². The molecule has 1 aromatic heterocycles. The van der Waals surface area contributed by atoms with Gasteiger partial charge in [-0.25, -0.2) is 0 Å². The molecule has 1 rings (SSSR count). The molecule has 8 heteroatoms. The number of aromatic nitrogens is 3. The van der Waals surface area contributed by atoms with Crippen LogP contribution in [0.1, 0.15) is 27.7 Å². The van der Waals surface area contributed by atoms with Gasteiger partial charge in [-0.1, -0.05) is 0 Å². The number of hydrogen-bond donors (Lipinski definition) is 3. The summed E-state index contributed by atoms with van der Waals surface area (Å²) in [7, 11) is 1.75. The third-order valence-corrected chi connectivity index (χ3v) is 2.75. The Hall–Kier alpha value is -2.12. The minimum absolute atomic E-state index is 0.0965. The Kier molecular flexibility index (Phi) is 6.64. The van der Waals surface area contributed by atoms with Crippen LogP contribution in [0.4, 0.5) is 17.8 Å². The first-order chi connectivity index (χ1) is 9.99. The number of anilines is 3. The second-order valence-corrected chi connectivity index (χ2v) is 4.78. The van der Waals surface area contributed by atoms with Crippen molar-refractivity contribution in [2.75, 3.05) is 42.2 Å². The van der Waals surface area contributed by atoms with Crippen LogP contribution in [-0.4, -0.2) is 53.6 Å². The van der Waals surface area contributed by atoms with Crippen LogP contribution in [0.15, 0.2) is 0 Å². The molecule has 21 heavy (non-hydrogen) atoms. The lowest BCUT2D eigenvalue weighted by Gasteiger charge is -2.19. The Morgan fingerprint density at radius 3 is 2.29 bits per heavy atom. The van der Waals surface area contributed by atoms with E-state index >= 15 is 0 Å². The Labute approximate surface area is 125 Å². The Bertz CT molecular complexity index is 460. The van der Waals surface area contributed by atoms with Crippen LogP contribution < -0.4 is 20.9 Å². The van der Waals surface area contributed by atoms with Crippen LogP contribution >= 0.6 is 0 Å². The first-order valence-corrected chi connectivity index (χ1v) is 7.22. The minimum atomic E-state index is -0.0965. The van der Waals surface area contributed by atoms with E-state index in [4.69, 9.17) is 0 Å². The summed E-state index contributed by atoms with van der Waals surface area (Å²) in [6, 6.07) is 0.108. The molecule has 0 atom stereocenters. The van der Waals surface area contributed by atoms with Gasteiger partial charge in [0.25, 0.3) is 0 Å². The molecule has 0 saturated heterocycles. The molecule has 0 fully saturated rings. The van der Waals surface area contributed by atoms with Crippen molar-refractivity contribution >= 4 is 23.8 Å². The number of carbonyl (C=O) groups is 1. The lowest BCUT2D eigenvalue weighted by molar-refractivity contribution is -0.119. The Morgan fingerprint density at radius 1 is 1.14 bits per heavy atom. The van der Waals surface area contributed by atoms with Crippen LogP contribution in [0.2, 0.25) is 0 Å². The lowest BCUT2D eigenvalue weighted by atomic mass is 10.4. The van der Waals surface area contributed by atoms with Gasteiger partial charge in [-0.3, -0.25) is 4.79 Å². The first-order valence-electron chi connectivity index (χ1n) is 7.22. The molecule has 8 nitrogen and oxygen atoms in total. The van der Waals surface area contributed by atoms with Gasteiger partial charge in [-0.2, -0.15) is 15.0 Å². The molecule has 0 aliphatic rings. The normalized spacial score (nSPS) is 10.4. The number of hydrogen-bond acceptors (Lipinski definition) is 7. The Morgan fingerprint density at radius 2 is 1.76 bits per heavy atom. The van der Waals surface area contributed by atoms with Gasteiger partial charge in [0.1, 0.15) is 0 Å². The van der Waals surface area contributed by atoms with Crippen molar-refractivity contribution in [3.63, 3.8) is 0 Å². The van der Waals surface area contributed by atoms with Gasteiger partial charge in [-0.15, -0.1) is 0 Å². The molecule has 1 heterocycles. The maximum absolute atomic E-state index is 11.6. The van der Waals surface area contributed by atoms with Crippen LogP contribution in [-0.2, 0) is 4.79 Å². The Balaban J connectivity index is 2.81. The van der Waals surface area contributed by atoms with Crippen molar-refractivity contribution < 1.29 is 4.79 Å². The van der Waals surface area contributed by atoms with Gasteiger partial charge in [0, 0.05) is 26.2 Å². The van der Waals surface area contributed by atoms with Crippen LogP contribution in [0, 0.1) is 0 Å². The molecule has 0 aliphatic carbocycles. The average Bonchev–Trinajstić information content (AvgIpc) is 2.45. The van der Waals surface area contributed by atoms with Gasteiger partial charge >= 0.3 is 0 Å². The summed E-state index contributed by atoms with van der Waals surface area (Å²) < 4.78 is 0. The van der Waals surface area contributed by atoms with E-state index in [1.54, 1.807) is 7.05 Å². The summed E-state index contributed by atoms with van der Waals surface area (Å²) in [4.78, 5) is 26.5. The molecule has 1 amide bonds. The summed E-state index contributed by atoms with van der Waals surface area (Å²) in [5.74, 6) is 1.35. The molecule has 0 spiro atoms. The summed E-state index contributed by atoms with van der Waals surface area (Å²) in [5.41, 5.74) is 0. The predicted molar refractivity (Wildman–Crippen MR) is 84.7 cm³/mol. The van der Waals surface area contributed by atoms with Crippen molar-refractivity contribution in [1.29, 1.82) is 0 Å². The molecule has 0 bridgehead atoms. The van der Waals surface area contributed by atoms with Crippen LogP contribution in [0.25, 0.3) is 0 Å². The molecule has 0 aliphatic heterocycles. The van der Waals surface area contributed by atoms with E-state index in [0.29, 0.717) is 17.8 Å². The molecule has 0 unspecified atom stereocenters. The number of rotatable bonds is 8. The van der Waals surface area contributed by atoms with E-state index < -0.39 is 0 Å². The molecular formula is C13H25N7O. The van der Waals surface area contributed by atoms with Gasteiger partial charge in [0.15, 0.2) is 0 Å². The highest BCUT2D eigenvalue weighted by atomic mass is 16.1. The van der Waals surface area contributed by atoms with Crippen molar-refractivity contribution in [2.45, 2.75) is 33.7 Å². The SMILES string of the molecule is CCN(CC)c1nc(NC)nc(NCC(=O)NC(C)C)n1. The first kappa shape index (κ1) is 16.9. The number of nitrogens with one attached hydrogen (secondary N) is 3. The minimum Gasteiger partial charge on any atom is -0.357 e. The highest BCUT2D eigenvalue weighted by Gasteiger charge is 2.11. The molecule has 0 radical (unpaired) electrons. The summed E-state index contributed by atoms with van der Waals surface area (Å²) in [6.45, 7) is 9.64. The fourth-order valence-corrected chi connectivity index (χ4v) is 1.74. The maximum atomic E-state index is 11.6. The zero-order valence-corrected chi connectivity index (χ0v) is 13.4. The lowest BCUT2D eigenvalue weighted by Crippen LogP contribution is -2.35. The van der Waals surface area contributed by atoms with Gasteiger partial charge in [0.2, 0.25) is 23.8 Å². The molecule has 1 aromatic rings. The smallest absolute Gasteiger partial charge is 0.239 e. The van der Waals surface area contributed by atoms with E-state index in [9.17, 15) is 4.79 Å². The van der Waals surface area contributed by atoms with Gasteiger partial charge in [0.05, 0.1) is 6.54 Å². The molecule has 0 aromatic carbocycles. The third-order valence-electron chi connectivity index (χ3n) is 2.75.